The third kappa shape index (κ3) is 5.02. The lowest BCUT2D eigenvalue weighted by atomic mass is 10.0. The molecule has 2 aliphatic rings. The predicted octanol–water partition coefficient (Wildman–Crippen LogP) is 3.61. The van der Waals surface area contributed by atoms with Crippen molar-refractivity contribution in [2.24, 2.45) is 0 Å². The first-order valence-electron chi connectivity index (χ1n) is 11.2. The Bertz CT molecular complexity index is 803. The van der Waals surface area contributed by atoms with E-state index in [0.717, 1.165) is 44.8 Å². The molecule has 2 fully saturated rings. The van der Waals surface area contributed by atoms with Crippen molar-refractivity contribution < 1.29 is 9.53 Å². The number of nitrogens with one attached hydrogen (secondary N) is 1. The van der Waals surface area contributed by atoms with Crippen LogP contribution in [0, 0.1) is 0 Å². The lowest BCUT2D eigenvalue weighted by Crippen LogP contribution is -2.45. The van der Waals surface area contributed by atoms with Gasteiger partial charge >= 0.3 is 0 Å². The fraction of sp³-hybridized carbons (Fsp3) is 0.480. The van der Waals surface area contributed by atoms with Crippen LogP contribution in [-0.2, 0) is 11.3 Å². The molecule has 1 amide bonds. The Morgan fingerprint density at radius 1 is 1.03 bits per heavy atom. The summed E-state index contributed by atoms with van der Waals surface area (Å²) < 4.78 is 5.31. The third-order valence-electron chi connectivity index (χ3n) is 6.45. The van der Waals surface area contributed by atoms with Crippen LogP contribution < -0.4 is 10.1 Å². The van der Waals surface area contributed by atoms with E-state index >= 15 is 0 Å². The Labute approximate surface area is 180 Å². The van der Waals surface area contributed by atoms with Gasteiger partial charge < -0.3 is 10.1 Å². The van der Waals surface area contributed by atoms with Crippen LogP contribution in [0.5, 0.6) is 5.75 Å². The van der Waals surface area contributed by atoms with Gasteiger partial charge in [0.15, 0.2) is 0 Å². The zero-order chi connectivity index (χ0) is 20.8. The van der Waals surface area contributed by atoms with Crippen LogP contribution in [0.15, 0.2) is 54.6 Å². The van der Waals surface area contributed by atoms with Gasteiger partial charge in [-0.15, -0.1) is 0 Å². The van der Waals surface area contributed by atoms with Crippen LogP contribution in [0.25, 0.3) is 0 Å². The summed E-state index contributed by atoms with van der Waals surface area (Å²) in [6.45, 7) is 4.67. The first-order chi connectivity index (χ1) is 14.7. The molecule has 2 aromatic carbocycles. The molecule has 2 unspecified atom stereocenters. The van der Waals surface area contributed by atoms with Gasteiger partial charge in [0.1, 0.15) is 5.75 Å². The van der Waals surface area contributed by atoms with Crippen LogP contribution in [-0.4, -0.2) is 55.0 Å². The fourth-order valence-electron chi connectivity index (χ4n) is 4.78. The standard InChI is InChI=1S/C25H33N3O2/c1-30-22-13-11-21(12-14-22)24(27-15-5-6-16-27)18-26-25(29)23-10-7-17-28(23)19-20-8-3-2-4-9-20/h2-4,8-9,11-14,23-24H,5-7,10,15-19H2,1H3,(H,26,29). The second-order valence-electron chi connectivity index (χ2n) is 8.39. The van der Waals surface area contributed by atoms with Crippen molar-refractivity contribution in [2.45, 2.75) is 44.3 Å². The number of likely N-dealkylation sites (tertiary alicyclic amines) is 2. The maximum absolute atomic E-state index is 13.1. The highest BCUT2D eigenvalue weighted by Gasteiger charge is 2.31. The SMILES string of the molecule is COc1ccc(C(CNC(=O)C2CCCN2Cc2ccccc2)N2CCCC2)cc1. The molecule has 2 saturated heterocycles. The van der Waals surface area contributed by atoms with E-state index in [0.29, 0.717) is 6.54 Å². The van der Waals surface area contributed by atoms with Crippen molar-refractivity contribution >= 4 is 5.91 Å². The summed E-state index contributed by atoms with van der Waals surface area (Å²) in [5, 5.41) is 3.29. The summed E-state index contributed by atoms with van der Waals surface area (Å²) >= 11 is 0. The van der Waals surface area contributed by atoms with E-state index in [1.807, 2.05) is 18.2 Å². The topological polar surface area (TPSA) is 44.8 Å². The second kappa shape index (κ2) is 10.1. The number of amides is 1. The normalized spacial score (nSPS) is 20.9. The Morgan fingerprint density at radius 2 is 1.77 bits per heavy atom. The highest BCUT2D eigenvalue weighted by atomic mass is 16.5. The van der Waals surface area contributed by atoms with Crippen molar-refractivity contribution in [3.8, 4) is 5.75 Å². The molecule has 1 N–H and O–H groups in total. The first-order valence-corrected chi connectivity index (χ1v) is 11.2. The summed E-state index contributed by atoms with van der Waals surface area (Å²) in [6.07, 6.45) is 4.48. The van der Waals surface area contributed by atoms with E-state index in [9.17, 15) is 4.79 Å². The van der Waals surface area contributed by atoms with Crippen LogP contribution >= 0.6 is 0 Å². The number of benzene rings is 2. The molecule has 4 rings (SSSR count). The average Bonchev–Trinajstić information content (AvgIpc) is 3.47. The van der Waals surface area contributed by atoms with Gasteiger partial charge in [0, 0.05) is 13.1 Å². The van der Waals surface area contributed by atoms with Gasteiger partial charge in [0.25, 0.3) is 0 Å². The molecule has 2 heterocycles. The van der Waals surface area contributed by atoms with Crippen LogP contribution in [0.1, 0.15) is 42.9 Å². The van der Waals surface area contributed by atoms with Gasteiger partial charge in [0.2, 0.25) is 5.91 Å². The highest BCUT2D eigenvalue weighted by Crippen LogP contribution is 2.27. The lowest BCUT2D eigenvalue weighted by Gasteiger charge is -2.30. The van der Waals surface area contributed by atoms with E-state index in [2.05, 4.69) is 51.5 Å². The molecule has 0 aromatic heterocycles. The van der Waals surface area contributed by atoms with E-state index in [-0.39, 0.29) is 18.0 Å². The zero-order valence-corrected chi connectivity index (χ0v) is 17.9. The predicted molar refractivity (Wildman–Crippen MR) is 119 cm³/mol. The molecule has 5 heteroatoms. The number of methoxy groups -OCH3 is 1. The van der Waals surface area contributed by atoms with E-state index in [1.165, 1.54) is 24.0 Å². The Hall–Kier alpha value is -2.37. The number of rotatable bonds is 8. The minimum Gasteiger partial charge on any atom is -0.497 e. The molecule has 2 aromatic rings. The molecule has 5 nitrogen and oxygen atoms in total. The number of ether oxygens (including phenoxy) is 1. The molecular formula is C25H33N3O2. The molecule has 0 saturated carbocycles. The van der Waals surface area contributed by atoms with Crippen molar-refractivity contribution in [3.63, 3.8) is 0 Å². The zero-order valence-electron chi connectivity index (χ0n) is 17.9. The molecule has 2 atom stereocenters. The molecule has 30 heavy (non-hydrogen) atoms. The van der Waals surface area contributed by atoms with Gasteiger partial charge in [-0.3, -0.25) is 14.6 Å². The van der Waals surface area contributed by atoms with Crippen molar-refractivity contribution in [1.82, 2.24) is 15.1 Å². The number of carbonyl (C=O) groups is 1. The number of carbonyl (C=O) groups excluding carboxylic acids is 1. The van der Waals surface area contributed by atoms with Crippen molar-refractivity contribution in [1.29, 1.82) is 0 Å². The summed E-state index contributed by atoms with van der Waals surface area (Å²) in [5.74, 6) is 1.03. The highest BCUT2D eigenvalue weighted by molar-refractivity contribution is 5.82. The third-order valence-corrected chi connectivity index (χ3v) is 6.45. The molecule has 0 bridgehead atoms. The Balaban J connectivity index is 1.40. The molecule has 0 aliphatic carbocycles. The quantitative estimate of drug-likeness (QED) is 0.726. The minimum atomic E-state index is -0.0275. The molecule has 0 radical (unpaired) electrons. The van der Waals surface area contributed by atoms with Gasteiger partial charge in [0.05, 0.1) is 19.2 Å². The maximum atomic E-state index is 13.1. The first kappa shape index (κ1) is 20.9. The number of hydrogen-bond donors (Lipinski definition) is 1. The Kier molecular flexibility index (Phi) is 7.03. The molecule has 160 valence electrons. The average molecular weight is 408 g/mol. The molecular weight excluding hydrogens is 374 g/mol. The van der Waals surface area contributed by atoms with Gasteiger partial charge in [-0.1, -0.05) is 42.5 Å². The molecule has 0 spiro atoms. The largest absolute Gasteiger partial charge is 0.497 e. The van der Waals surface area contributed by atoms with Crippen LogP contribution in [0.2, 0.25) is 0 Å². The van der Waals surface area contributed by atoms with E-state index in [1.54, 1.807) is 7.11 Å². The minimum absolute atomic E-state index is 0.0275. The van der Waals surface area contributed by atoms with Gasteiger partial charge in [-0.05, 0) is 68.6 Å². The smallest absolute Gasteiger partial charge is 0.237 e. The summed E-state index contributed by atoms with van der Waals surface area (Å²) in [6, 6.07) is 18.9. The van der Waals surface area contributed by atoms with Crippen molar-refractivity contribution in [2.75, 3.05) is 33.3 Å². The number of nitrogens with zero attached hydrogens (tertiary/aromatic N) is 2. The van der Waals surface area contributed by atoms with E-state index < -0.39 is 0 Å². The maximum Gasteiger partial charge on any atom is 0.237 e. The van der Waals surface area contributed by atoms with Gasteiger partial charge in [-0.2, -0.15) is 0 Å². The summed E-state index contributed by atoms with van der Waals surface area (Å²) in [7, 11) is 1.69. The van der Waals surface area contributed by atoms with E-state index in [4.69, 9.17) is 4.74 Å². The summed E-state index contributed by atoms with van der Waals surface area (Å²) in [5.41, 5.74) is 2.51. The fourth-order valence-corrected chi connectivity index (χ4v) is 4.78. The van der Waals surface area contributed by atoms with Crippen LogP contribution in [0.3, 0.4) is 0 Å². The van der Waals surface area contributed by atoms with Gasteiger partial charge in [-0.25, -0.2) is 0 Å². The lowest BCUT2D eigenvalue weighted by molar-refractivity contribution is -0.125. The monoisotopic (exact) mass is 407 g/mol. The Morgan fingerprint density at radius 3 is 2.47 bits per heavy atom. The van der Waals surface area contributed by atoms with Crippen molar-refractivity contribution in [3.05, 3.63) is 65.7 Å². The molecule has 2 aliphatic heterocycles. The van der Waals surface area contributed by atoms with Crippen LogP contribution in [0.4, 0.5) is 0 Å². The second-order valence-corrected chi connectivity index (χ2v) is 8.39. The number of hydrogen-bond acceptors (Lipinski definition) is 4. The summed E-state index contributed by atoms with van der Waals surface area (Å²) in [4.78, 5) is 17.9.